The zero-order valence-corrected chi connectivity index (χ0v) is 9.73. The predicted molar refractivity (Wildman–Crippen MR) is 63.1 cm³/mol. The molecular weight excluding hydrogens is 222 g/mol. The smallest absolute Gasteiger partial charge is 0.281 e. The third kappa shape index (κ3) is 4.12. The highest BCUT2D eigenvalue weighted by molar-refractivity contribution is 5.98. The lowest BCUT2D eigenvalue weighted by Gasteiger charge is -2.06. The molecule has 0 atom stereocenters. The lowest BCUT2D eigenvalue weighted by Crippen LogP contribution is -2.25. The normalized spacial score (nSPS) is 10.9. The minimum Gasteiger partial charge on any atom is -0.484 e. The number of amides is 1. The zero-order valence-electron chi connectivity index (χ0n) is 9.73. The first-order valence-corrected chi connectivity index (χ1v) is 5.04. The van der Waals surface area contributed by atoms with Gasteiger partial charge in [0.1, 0.15) is 5.75 Å². The van der Waals surface area contributed by atoms with Gasteiger partial charge in [0.05, 0.1) is 5.71 Å². The van der Waals surface area contributed by atoms with Crippen LogP contribution in [0.15, 0.2) is 29.4 Å². The molecule has 0 aliphatic carbocycles. The molecule has 6 nitrogen and oxygen atoms in total. The number of nitrogens with one attached hydrogen (secondary N) is 2. The van der Waals surface area contributed by atoms with Crippen LogP contribution < -0.4 is 15.6 Å². The SMILES string of the molecule is CN/N=C(\C)c1ccc(OCC(=O)NO)cc1. The summed E-state index contributed by atoms with van der Waals surface area (Å²) < 4.78 is 5.13. The summed E-state index contributed by atoms with van der Waals surface area (Å²) >= 11 is 0. The molecule has 0 saturated carbocycles. The number of benzene rings is 1. The molecule has 1 amide bonds. The van der Waals surface area contributed by atoms with Crippen molar-refractivity contribution in [2.75, 3.05) is 13.7 Å². The second-order valence-corrected chi connectivity index (χ2v) is 3.27. The molecule has 0 radical (unpaired) electrons. The van der Waals surface area contributed by atoms with E-state index >= 15 is 0 Å². The second kappa shape index (κ2) is 6.49. The highest BCUT2D eigenvalue weighted by Gasteiger charge is 2.01. The molecule has 1 aromatic carbocycles. The number of hydrogen-bond donors (Lipinski definition) is 3. The zero-order chi connectivity index (χ0) is 12.7. The van der Waals surface area contributed by atoms with E-state index in [0.717, 1.165) is 11.3 Å². The van der Waals surface area contributed by atoms with Gasteiger partial charge >= 0.3 is 0 Å². The number of carbonyl (C=O) groups excluding carboxylic acids is 1. The summed E-state index contributed by atoms with van der Waals surface area (Å²) in [5.41, 5.74) is 6.01. The molecule has 0 aliphatic heterocycles. The Balaban J connectivity index is 2.62. The largest absolute Gasteiger partial charge is 0.484 e. The summed E-state index contributed by atoms with van der Waals surface area (Å²) in [6.07, 6.45) is 0. The van der Waals surface area contributed by atoms with Crippen LogP contribution in [0.25, 0.3) is 0 Å². The van der Waals surface area contributed by atoms with Gasteiger partial charge in [-0.15, -0.1) is 0 Å². The summed E-state index contributed by atoms with van der Waals surface area (Å²) in [6, 6.07) is 7.13. The van der Waals surface area contributed by atoms with E-state index in [9.17, 15) is 4.79 Å². The molecule has 1 aromatic rings. The number of hydrazone groups is 1. The van der Waals surface area contributed by atoms with Gasteiger partial charge in [-0.2, -0.15) is 5.10 Å². The number of ether oxygens (including phenoxy) is 1. The van der Waals surface area contributed by atoms with E-state index in [1.165, 1.54) is 5.48 Å². The minimum absolute atomic E-state index is 0.223. The molecule has 0 saturated heterocycles. The molecule has 0 fully saturated rings. The first-order chi connectivity index (χ1) is 8.17. The number of carbonyl (C=O) groups is 1. The molecule has 92 valence electrons. The number of rotatable bonds is 5. The Kier molecular flexibility index (Phi) is 4.96. The maximum atomic E-state index is 10.7. The van der Waals surface area contributed by atoms with Crippen LogP contribution in [0, 0.1) is 0 Å². The Morgan fingerprint density at radius 1 is 1.41 bits per heavy atom. The predicted octanol–water partition coefficient (Wildman–Crippen LogP) is 0.514. The minimum atomic E-state index is -0.595. The van der Waals surface area contributed by atoms with Crippen molar-refractivity contribution in [3.05, 3.63) is 29.8 Å². The van der Waals surface area contributed by atoms with Crippen LogP contribution in [0.4, 0.5) is 0 Å². The van der Waals surface area contributed by atoms with Crippen LogP contribution in [0.5, 0.6) is 5.75 Å². The van der Waals surface area contributed by atoms with Crippen molar-refractivity contribution in [3.8, 4) is 5.75 Å². The van der Waals surface area contributed by atoms with Gasteiger partial charge in [0.2, 0.25) is 0 Å². The average molecular weight is 237 g/mol. The van der Waals surface area contributed by atoms with E-state index in [2.05, 4.69) is 10.5 Å². The molecule has 0 spiro atoms. The monoisotopic (exact) mass is 237 g/mol. The van der Waals surface area contributed by atoms with Crippen LogP contribution in [-0.2, 0) is 4.79 Å². The molecule has 0 heterocycles. The van der Waals surface area contributed by atoms with Crippen LogP contribution in [0.1, 0.15) is 12.5 Å². The standard InChI is InChI=1S/C11H15N3O3/c1-8(13-12-2)9-3-5-10(6-4-9)17-7-11(15)14-16/h3-6,12,16H,7H2,1-2H3,(H,14,15)/b13-8+. The summed E-state index contributed by atoms with van der Waals surface area (Å²) in [7, 11) is 1.73. The van der Waals surface area contributed by atoms with Crippen molar-refractivity contribution in [2.45, 2.75) is 6.92 Å². The van der Waals surface area contributed by atoms with E-state index in [1.54, 1.807) is 19.2 Å². The first-order valence-electron chi connectivity index (χ1n) is 5.04. The van der Waals surface area contributed by atoms with Crippen molar-refractivity contribution in [1.82, 2.24) is 10.9 Å². The third-order valence-corrected chi connectivity index (χ3v) is 2.05. The lowest BCUT2D eigenvalue weighted by molar-refractivity contribution is -0.131. The maximum Gasteiger partial charge on any atom is 0.281 e. The van der Waals surface area contributed by atoms with Crippen molar-refractivity contribution < 1.29 is 14.7 Å². The van der Waals surface area contributed by atoms with Crippen molar-refractivity contribution in [1.29, 1.82) is 0 Å². The van der Waals surface area contributed by atoms with Crippen LogP contribution in [-0.4, -0.2) is 30.5 Å². The second-order valence-electron chi connectivity index (χ2n) is 3.27. The molecule has 0 aliphatic rings. The van der Waals surface area contributed by atoms with E-state index in [0.29, 0.717) is 5.75 Å². The molecular formula is C11H15N3O3. The van der Waals surface area contributed by atoms with Crippen molar-refractivity contribution >= 4 is 11.6 Å². The highest BCUT2D eigenvalue weighted by atomic mass is 16.5. The van der Waals surface area contributed by atoms with E-state index in [4.69, 9.17) is 9.94 Å². The fourth-order valence-corrected chi connectivity index (χ4v) is 1.21. The topological polar surface area (TPSA) is 83.0 Å². The Hall–Kier alpha value is -2.08. The molecule has 3 N–H and O–H groups in total. The van der Waals surface area contributed by atoms with Crippen LogP contribution in [0.3, 0.4) is 0 Å². The molecule has 0 bridgehead atoms. The van der Waals surface area contributed by atoms with E-state index in [1.807, 2.05) is 19.1 Å². The first kappa shape index (κ1) is 13.0. The average Bonchev–Trinajstić information content (AvgIpc) is 2.36. The van der Waals surface area contributed by atoms with E-state index in [-0.39, 0.29) is 6.61 Å². The van der Waals surface area contributed by atoms with Gasteiger partial charge < -0.3 is 10.2 Å². The summed E-state index contributed by atoms with van der Waals surface area (Å²) in [4.78, 5) is 10.7. The Morgan fingerprint density at radius 2 is 2.06 bits per heavy atom. The van der Waals surface area contributed by atoms with Gasteiger partial charge in [-0.25, -0.2) is 5.48 Å². The van der Waals surface area contributed by atoms with Crippen LogP contribution in [0.2, 0.25) is 0 Å². The summed E-state index contributed by atoms with van der Waals surface area (Å²) in [5.74, 6) is -0.0448. The maximum absolute atomic E-state index is 10.7. The van der Waals surface area contributed by atoms with E-state index < -0.39 is 5.91 Å². The lowest BCUT2D eigenvalue weighted by atomic mass is 10.1. The third-order valence-electron chi connectivity index (χ3n) is 2.05. The quantitative estimate of drug-likeness (QED) is 0.396. The summed E-state index contributed by atoms with van der Waals surface area (Å²) in [6.45, 7) is 1.66. The summed E-state index contributed by atoms with van der Waals surface area (Å²) in [5, 5.41) is 12.3. The fourth-order valence-electron chi connectivity index (χ4n) is 1.21. The van der Waals surface area contributed by atoms with Crippen molar-refractivity contribution in [2.24, 2.45) is 5.10 Å². The van der Waals surface area contributed by atoms with Gasteiger partial charge in [0.15, 0.2) is 6.61 Å². The van der Waals surface area contributed by atoms with Crippen LogP contribution >= 0.6 is 0 Å². The fraction of sp³-hybridized carbons (Fsp3) is 0.273. The molecule has 1 rings (SSSR count). The Labute approximate surface area is 99.2 Å². The van der Waals surface area contributed by atoms with Gasteiger partial charge in [0, 0.05) is 7.05 Å². The van der Waals surface area contributed by atoms with Crippen molar-refractivity contribution in [3.63, 3.8) is 0 Å². The molecule has 0 unspecified atom stereocenters. The Morgan fingerprint density at radius 3 is 2.59 bits per heavy atom. The molecule has 17 heavy (non-hydrogen) atoms. The van der Waals surface area contributed by atoms with Gasteiger partial charge in [0.25, 0.3) is 5.91 Å². The van der Waals surface area contributed by atoms with Gasteiger partial charge in [-0.1, -0.05) is 0 Å². The molecule has 0 aromatic heterocycles. The van der Waals surface area contributed by atoms with Gasteiger partial charge in [-0.05, 0) is 36.8 Å². The molecule has 6 heteroatoms. The Bertz CT molecular complexity index is 401. The number of nitrogens with zero attached hydrogens (tertiary/aromatic N) is 1. The van der Waals surface area contributed by atoms with Gasteiger partial charge in [-0.3, -0.25) is 10.0 Å². The number of hydroxylamine groups is 1. The number of hydrogen-bond acceptors (Lipinski definition) is 5. The highest BCUT2D eigenvalue weighted by Crippen LogP contribution is 2.12.